The molecule has 0 N–H and O–H groups in total. The molecule has 0 aliphatic rings. The standard InChI is InChI=1S/C13H14BrNO/c1-9(2)6-11(8-15)10-4-5-13(16-3)12(14)7-10/h4-7,9H,1-3H3/b11-6+. The van der Waals surface area contributed by atoms with Gasteiger partial charge in [0.1, 0.15) is 5.75 Å². The fourth-order valence-electron chi connectivity index (χ4n) is 1.37. The lowest BCUT2D eigenvalue weighted by atomic mass is 10.0. The summed E-state index contributed by atoms with van der Waals surface area (Å²) in [6.45, 7) is 4.10. The molecule has 0 atom stereocenters. The highest BCUT2D eigenvalue weighted by Crippen LogP contribution is 2.28. The van der Waals surface area contributed by atoms with E-state index >= 15 is 0 Å². The lowest BCUT2D eigenvalue weighted by molar-refractivity contribution is 0.412. The SMILES string of the molecule is COc1ccc(/C(C#N)=C/C(C)C)cc1Br. The Hall–Kier alpha value is -1.27. The number of halogens is 1. The molecule has 1 rings (SSSR count). The Labute approximate surface area is 105 Å². The number of hydrogen-bond donors (Lipinski definition) is 0. The molecule has 1 aromatic rings. The molecule has 0 aromatic heterocycles. The van der Waals surface area contributed by atoms with E-state index in [4.69, 9.17) is 10.00 Å². The maximum Gasteiger partial charge on any atom is 0.133 e. The zero-order valence-electron chi connectivity index (χ0n) is 9.62. The molecule has 0 amide bonds. The number of allylic oxidation sites excluding steroid dienone is 2. The van der Waals surface area contributed by atoms with Crippen molar-refractivity contribution in [3.63, 3.8) is 0 Å². The predicted molar refractivity (Wildman–Crippen MR) is 69.1 cm³/mol. The van der Waals surface area contributed by atoms with Gasteiger partial charge in [-0.25, -0.2) is 0 Å². The summed E-state index contributed by atoms with van der Waals surface area (Å²) in [7, 11) is 1.62. The molecule has 0 heterocycles. The first kappa shape index (κ1) is 12.8. The van der Waals surface area contributed by atoms with Gasteiger partial charge in [-0.3, -0.25) is 0 Å². The second-order valence-electron chi connectivity index (χ2n) is 3.79. The van der Waals surface area contributed by atoms with E-state index in [9.17, 15) is 0 Å². The lowest BCUT2D eigenvalue weighted by Crippen LogP contribution is -1.89. The largest absolute Gasteiger partial charge is 0.496 e. The quantitative estimate of drug-likeness (QED) is 0.783. The Morgan fingerprint density at radius 1 is 1.50 bits per heavy atom. The fourth-order valence-corrected chi connectivity index (χ4v) is 1.91. The van der Waals surface area contributed by atoms with Crippen molar-refractivity contribution in [3.8, 4) is 11.8 Å². The molecule has 0 spiro atoms. The highest BCUT2D eigenvalue weighted by Gasteiger charge is 2.05. The van der Waals surface area contributed by atoms with E-state index in [1.165, 1.54) is 0 Å². The van der Waals surface area contributed by atoms with Crippen molar-refractivity contribution in [1.82, 2.24) is 0 Å². The molecule has 0 unspecified atom stereocenters. The molecular formula is C13H14BrNO. The van der Waals surface area contributed by atoms with Crippen molar-refractivity contribution in [2.75, 3.05) is 7.11 Å². The van der Waals surface area contributed by atoms with Crippen LogP contribution in [0, 0.1) is 17.2 Å². The Morgan fingerprint density at radius 3 is 2.62 bits per heavy atom. The maximum atomic E-state index is 9.08. The Kier molecular flexibility index (Phi) is 4.57. The van der Waals surface area contributed by atoms with Gasteiger partial charge >= 0.3 is 0 Å². The monoisotopic (exact) mass is 279 g/mol. The van der Waals surface area contributed by atoms with Gasteiger partial charge in [0, 0.05) is 0 Å². The van der Waals surface area contributed by atoms with E-state index in [-0.39, 0.29) is 0 Å². The van der Waals surface area contributed by atoms with Crippen LogP contribution in [0.5, 0.6) is 5.75 Å². The first-order valence-electron chi connectivity index (χ1n) is 5.04. The molecule has 3 heteroatoms. The number of nitrogens with zero attached hydrogens (tertiary/aromatic N) is 1. The maximum absolute atomic E-state index is 9.08. The topological polar surface area (TPSA) is 33.0 Å². The van der Waals surface area contributed by atoms with E-state index in [0.29, 0.717) is 11.5 Å². The van der Waals surface area contributed by atoms with Gasteiger partial charge in [-0.15, -0.1) is 0 Å². The molecule has 0 fully saturated rings. The third kappa shape index (κ3) is 3.11. The molecule has 0 saturated carbocycles. The van der Waals surface area contributed by atoms with E-state index in [0.717, 1.165) is 15.8 Å². The van der Waals surface area contributed by atoms with Gasteiger partial charge in [0.05, 0.1) is 23.2 Å². The number of hydrogen-bond acceptors (Lipinski definition) is 2. The van der Waals surface area contributed by atoms with Crippen molar-refractivity contribution in [2.45, 2.75) is 13.8 Å². The van der Waals surface area contributed by atoms with Gasteiger partial charge in [0.15, 0.2) is 0 Å². The molecule has 0 radical (unpaired) electrons. The first-order chi connectivity index (χ1) is 7.58. The first-order valence-corrected chi connectivity index (χ1v) is 5.83. The van der Waals surface area contributed by atoms with Crippen LogP contribution in [0.15, 0.2) is 28.7 Å². The third-order valence-corrected chi connectivity index (χ3v) is 2.70. The molecular weight excluding hydrogens is 266 g/mol. The van der Waals surface area contributed by atoms with Crippen LogP contribution in [0.4, 0.5) is 0 Å². The Bertz CT molecular complexity index is 444. The molecule has 0 aliphatic heterocycles. The van der Waals surface area contributed by atoms with Gasteiger partial charge in [0.25, 0.3) is 0 Å². The number of nitriles is 1. The summed E-state index contributed by atoms with van der Waals surface area (Å²) >= 11 is 3.41. The molecule has 0 aliphatic carbocycles. The van der Waals surface area contributed by atoms with Crippen LogP contribution in [-0.2, 0) is 0 Å². The Balaban J connectivity index is 3.14. The fraction of sp³-hybridized carbons (Fsp3) is 0.308. The van der Waals surface area contributed by atoms with Crippen molar-refractivity contribution in [3.05, 3.63) is 34.3 Å². The second-order valence-corrected chi connectivity index (χ2v) is 4.64. The predicted octanol–water partition coefficient (Wildman–Crippen LogP) is 4.02. The van der Waals surface area contributed by atoms with Gasteiger partial charge in [-0.05, 0) is 45.6 Å². The summed E-state index contributed by atoms with van der Waals surface area (Å²) in [5.74, 6) is 1.13. The molecule has 0 saturated heterocycles. The van der Waals surface area contributed by atoms with Crippen LogP contribution in [0.2, 0.25) is 0 Å². The molecule has 1 aromatic carbocycles. The minimum atomic E-state index is 0.357. The van der Waals surface area contributed by atoms with Crippen LogP contribution < -0.4 is 4.74 Å². The van der Waals surface area contributed by atoms with E-state index < -0.39 is 0 Å². The van der Waals surface area contributed by atoms with Crippen molar-refractivity contribution < 1.29 is 4.74 Å². The van der Waals surface area contributed by atoms with Crippen LogP contribution >= 0.6 is 15.9 Å². The lowest BCUT2D eigenvalue weighted by Gasteiger charge is -2.06. The summed E-state index contributed by atoms with van der Waals surface area (Å²) in [6, 6.07) is 7.85. The summed E-state index contributed by atoms with van der Waals surface area (Å²) in [4.78, 5) is 0. The molecule has 0 bridgehead atoms. The minimum absolute atomic E-state index is 0.357. The smallest absolute Gasteiger partial charge is 0.133 e. The van der Waals surface area contributed by atoms with E-state index in [2.05, 4.69) is 35.8 Å². The average Bonchev–Trinajstić information content (AvgIpc) is 2.25. The van der Waals surface area contributed by atoms with Crippen molar-refractivity contribution in [1.29, 1.82) is 5.26 Å². The summed E-state index contributed by atoms with van der Waals surface area (Å²) in [6.07, 6.45) is 1.95. The number of rotatable bonds is 3. The molecule has 2 nitrogen and oxygen atoms in total. The third-order valence-electron chi connectivity index (χ3n) is 2.08. The van der Waals surface area contributed by atoms with Crippen LogP contribution in [0.1, 0.15) is 19.4 Å². The van der Waals surface area contributed by atoms with Crippen LogP contribution in [-0.4, -0.2) is 7.11 Å². The van der Waals surface area contributed by atoms with E-state index in [1.807, 2.05) is 24.3 Å². The number of methoxy groups -OCH3 is 1. The van der Waals surface area contributed by atoms with Crippen molar-refractivity contribution >= 4 is 21.5 Å². The van der Waals surface area contributed by atoms with Crippen LogP contribution in [0.3, 0.4) is 0 Å². The van der Waals surface area contributed by atoms with Gasteiger partial charge < -0.3 is 4.74 Å². The molecule has 16 heavy (non-hydrogen) atoms. The van der Waals surface area contributed by atoms with Crippen LogP contribution in [0.25, 0.3) is 5.57 Å². The summed E-state index contributed by atoms with van der Waals surface area (Å²) < 4.78 is 6.00. The normalized spacial score (nSPS) is 11.4. The zero-order valence-corrected chi connectivity index (χ0v) is 11.2. The summed E-state index contributed by atoms with van der Waals surface area (Å²) in [5, 5.41) is 9.08. The second kappa shape index (κ2) is 5.72. The average molecular weight is 280 g/mol. The van der Waals surface area contributed by atoms with Gasteiger partial charge in [-0.1, -0.05) is 19.9 Å². The number of ether oxygens (including phenoxy) is 1. The highest BCUT2D eigenvalue weighted by molar-refractivity contribution is 9.10. The molecule has 84 valence electrons. The minimum Gasteiger partial charge on any atom is -0.496 e. The van der Waals surface area contributed by atoms with Crippen molar-refractivity contribution in [2.24, 2.45) is 5.92 Å². The van der Waals surface area contributed by atoms with Gasteiger partial charge in [0.2, 0.25) is 0 Å². The highest BCUT2D eigenvalue weighted by atomic mass is 79.9. The Morgan fingerprint density at radius 2 is 2.19 bits per heavy atom. The van der Waals surface area contributed by atoms with Gasteiger partial charge in [-0.2, -0.15) is 5.26 Å². The summed E-state index contributed by atoms with van der Waals surface area (Å²) in [5.41, 5.74) is 1.60. The number of benzene rings is 1. The zero-order chi connectivity index (χ0) is 12.1. The van der Waals surface area contributed by atoms with E-state index in [1.54, 1.807) is 7.11 Å².